The fourth-order valence-corrected chi connectivity index (χ4v) is 1.71. The minimum absolute atomic E-state index is 0.0142. The standard InChI is InChI=1S/C6H5IO3/c7-2-1-3(8)5-6(10-5)4(2)9/h1,4-6,9H/t4-,5+,6-/m1/s1. The lowest BCUT2D eigenvalue weighted by molar-refractivity contribution is -0.115. The number of hydrogen-bond donors (Lipinski definition) is 1. The van der Waals surface area contributed by atoms with Crippen molar-refractivity contribution < 1.29 is 14.6 Å². The van der Waals surface area contributed by atoms with Gasteiger partial charge in [-0.25, -0.2) is 0 Å². The fourth-order valence-electron chi connectivity index (χ4n) is 1.05. The number of aliphatic hydroxyl groups is 1. The summed E-state index contributed by atoms with van der Waals surface area (Å²) in [6.45, 7) is 0. The fraction of sp³-hybridized carbons (Fsp3) is 0.500. The Labute approximate surface area is 71.2 Å². The first kappa shape index (κ1) is 6.75. The van der Waals surface area contributed by atoms with Gasteiger partial charge in [0.25, 0.3) is 0 Å². The van der Waals surface area contributed by atoms with Crippen molar-refractivity contribution in [3.05, 3.63) is 9.66 Å². The highest BCUT2D eigenvalue weighted by molar-refractivity contribution is 14.1. The first-order chi connectivity index (χ1) is 4.70. The topological polar surface area (TPSA) is 49.8 Å². The number of ether oxygens (including phenoxy) is 1. The van der Waals surface area contributed by atoms with Gasteiger partial charge in [0.05, 0.1) is 0 Å². The number of ketones is 1. The van der Waals surface area contributed by atoms with Gasteiger partial charge >= 0.3 is 0 Å². The average Bonchev–Trinajstić information content (AvgIpc) is 2.61. The molecule has 2 rings (SSSR count). The second-order valence-electron chi connectivity index (χ2n) is 2.40. The van der Waals surface area contributed by atoms with E-state index in [4.69, 9.17) is 4.74 Å². The second kappa shape index (κ2) is 2.02. The Morgan fingerprint density at radius 1 is 1.70 bits per heavy atom. The van der Waals surface area contributed by atoms with Crippen molar-refractivity contribution in [2.24, 2.45) is 0 Å². The van der Waals surface area contributed by atoms with E-state index in [0.29, 0.717) is 3.58 Å². The van der Waals surface area contributed by atoms with Gasteiger partial charge in [-0.15, -0.1) is 0 Å². The monoisotopic (exact) mass is 252 g/mol. The van der Waals surface area contributed by atoms with Crippen LogP contribution in [0.15, 0.2) is 9.66 Å². The highest BCUT2D eigenvalue weighted by Crippen LogP contribution is 2.36. The Morgan fingerprint density at radius 2 is 2.40 bits per heavy atom. The molecule has 1 aliphatic heterocycles. The lowest BCUT2D eigenvalue weighted by atomic mass is 10.0. The van der Waals surface area contributed by atoms with Crippen LogP contribution in [0.25, 0.3) is 0 Å². The van der Waals surface area contributed by atoms with E-state index < -0.39 is 6.10 Å². The molecule has 0 amide bonds. The van der Waals surface area contributed by atoms with E-state index in [1.54, 1.807) is 0 Å². The molecule has 2 aliphatic rings. The predicted octanol–water partition coefficient (Wildman–Crippen LogP) is 0.0163. The van der Waals surface area contributed by atoms with Gasteiger partial charge < -0.3 is 9.84 Å². The highest BCUT2D eigenvalue weighted by Gasteiger charge is 2.52. The molecule has 0 aromatic rings. The van der Waals surface area contributed by atoms with E-state index in [2.05, 4.69) is 0 Å². The molecule has 0 unspecified atom stereocenters. The zero-order valence-electron chi connectivity index (χ0n) is 4.95. The van der Waals surface area contributed by atoms with Crippen molar-refractivity contribution in [3.63, 3.8) is 0 Å². The minimum Gasteiger partial charge on any atom is -0.385 e. The largest absolute Gasteiger partial charge is 0.385 e. The maximum Gasteiger partial charge on any atom is 0.188 e. The summed E-state index contributed by atoms with van der Waals surface area (Å²) >= 11 is 1.95. The summed E-state index contributed by atoms with van der Waals surface area (Å²) in [6.07, 6.45) is 0.292. The van der Waals surface area contributed by atoms with Gasteiger partial charge in [0.1, 0.15) is 18.3 Å². The number of carbonyl (C=O) groups excluding carboxylic acids is 1. The van der Waals surface area contributed by atoms with Crippen LogP contribution in [0.1, 0.15) is 0 Å². The van der Waals surface area contributed by atoms with Crippen molar-refractivity contribution in [1.82, 2.24) is 0 Å². The minimum atomic E-state index is -0.566. The Balaban J connectivity index is 2.30. The Kier molecular flexibility index (Phi) is 1.37. The smallest absolute Gasteiger partial charge is 0.188 e. The summed E-state index contributed by atoms with van der Waals surface area (Å²) in [5, 5.41) is 9.25. The quantitative estimate of drug-likeness (QED) is 0.488. The van der Waals surface area contributed by atoms with Crippen molar-refractivity contribution in [1.29, 1.82) is 0 Å². The molecule has 1 heterocycles. The van der Waals surface area contributed by atoms with E-state index in [1.165, 1.54) is 6.08 Å². The van der Waals surface area contributed by atoms with E-state index in [0.717, 1.165) is 0 Å². The Bertz CT molecular complexity index is 223. The summed E-state index contributed by atoms with van der Waals surface area (Å²) in [5.74, 6) is -0.0142. The average molecular weight is 252 g/mol. The normalized spacial score (nSPS) is 44.4. The number of rotatable bonds is 0. The number of fused-ring (bicyclic) bond motifs is 1. The lowest BCUT2D eigenvalue weighted by Crippen LogP contribution is -2.25. The second-order valence-corrected chi connectivity index (χ2v) is 3.64. The van der Waals surface area contributed by atoms with Crippen LogP contribution >= 0.6 is 22.6 Å². The van der Waals surface area contributed by atoms with Crippen molar-refractivity contribution in [2.45, 2.75) is 18.3 Å². The highest BCUT2D eigenvalue weighted by atomic mass is 127. The summed E-state index contributed by atoms with van der Waals surface area (Å²) in [4.78, 5) is 10.9. The first-order valence-electron chi connectivity index (χ1n) is 2.94. The lowest BCUT2D eigenvalue weighted by Gasteiger charge is -2.08. The molecule has 10 heavy (non-hydrogen) atoms. The van der Waals surface area contributed by atoms with Gasteiger partial charge in [-0.05, 0) is 28.7 Å². The van der Waals surface area contributed by atoms with Gasteiger partial charge in [-0.3, -0.25) is 4.79 Å². The van der Waals surface area contributed by atoms with Crippen LogP contribution in [-0.4, -0.2) is 29.2 Å². The first-order valence-corrected chi connectivity index (χ1v) is 4.02. The predicted molar refractivity (Wildman–Crippen MR) is 41.8 cm³/mol. The molecule has 3 atom stereocenters. The van der Waals surface area contributed by atoms with Crippen LogP contribution in [0.4, 0.5) is 0 Å². The Hall–Kier alpha value is 0.0600. The number of carbonyl (C=O) groups is 1. The van der Waals surface area contributed by atoms with Crippen LogP contribution in [0.5, 0.6) is 0 Å². The van der Waals surface area contributed by atoms with E-state index in [9.17, 15) is 9.90 Å². The van der Waals surface area contributed by atoms with E-state index in [-0.39, 0.29) is 18.0 Å². The maximum atomic E-state index is 10.9. The van der Waals surface area contributed by atoms with Gasteiger partial charge in [0.15, 0.2) is 5.78 Å². The molecule has 0 bridgehead atoms. The SMILES string of the molecule is O=C1C=C(I)[C@@H](O)[C@H]2O[C@@H]12. The van der Waals surface area contributed by atoms with E-state index in [1.807, 2.05) is 22.6 Å². The number of aliphatic hydroxyl groups excluding tert-OH is 1. The molecule has 1 fully saturated rings. The summed E-state index contributed by atoms with van der Waals surface area (Å²) in [5.41, 5.74) is 0. The van der Waals surface area contributed by atoms with Crippen LogP contribution in [0.2, 0.25) is 0 Å². The van der Waals surface area contributed by atoms with E-state index >= 15 is 0 Å². The van der Waals surface area contributed by atoms with Gasteiger partial charge in [0.2, 0.25) is 0 Å². The van der Waals surface area contributed by atoms with Crippen LogP contribution in [-0.2, 0) is 9.53 Å². The molecule has 4 heteroatoms. The Morgan fingerprint density at radius 3 is 3.10 bits per heavy atom. The van der Waals surface area contributed by atoms with Crippen LogP contribution in [0, 0.1) is 0 Å². The number of epoxide rings is 1. The molecule has 1 aliphatic carbocycles. The molecule has 0 aromatic carbocycles. The third-order valence-electron chi connectivity index (χ3n) is 1.68. The molecule has 0 saturated carbocycles. The van der Waals surface area contributed by atoms with Crippen molar-refractivity contribution >= 4 is 28.4 Å². The van der Waals surface area contributed by atoms with Gasteiger partial charge in [-0.1, -0.05) is 0 Å². The van der Waals surface area contributed by atoms with Crippen molar-refractivity contribution in [2.75, 3.05) is 0 Å². The maximum absolute atomic E-state index is 10.9. The zero-order valence-corrected chi connectivity index (χ0v) is 7.11. The van der Waals surface area contributed by atoms with Gasteiger partial charge in [-0.2, -0.15) is 0 Å². The third kappa shape index (κ3) is 0.826. The molecule has 0 aromatic heterocycles. The molecule has 3 nitrogen and oxygen atoms in total. The third-order valence-corrected chi connectivity index (χ3v) is 2.63. The molecule has 1 N–H and O–H groups in total. The van der Waals surface area contributed by atoms with Crippen LogP contribution in [0.3, 0.4) is 0 Å². The number of hydrogen-bond acceptors (Lipinski definition) is 3. The molecular weight excluding hydrogens is 247 g/mol. The summed E-state index contributed by atoms with van der Waals surface area (Å²) < 4.78 is 5.60. The molecule has 54 valence electrons. The summed E-state index contributed by atoms with van der Waals surface area (Å²) in [6, 6.07) is 0. The van der Waals surface area contributed by atoms with Crippen molar-refractivity contribution in [3.8, 4) is 0 Å². The molecular formula is C6H5IO3. The molecule has 1 saturated heterocycles. The van der Waals surface area contributed by atoms with Crippen LogP contribution < -0.4 is 0 Å². The van der Waals surface area contributed by atoms with Gasteiger partial charge in [0, 0.05) is 3.58 Å². The molecule has 0 radical (unpaired) electrons. The molecule has 0 spiro atoms. The summed E-state index contributed by atoms with van der Waals surface area (Å²) in [7, 11) is 0. The number of halogens is 1. The zero-order chi connectivity index (χ0) is 7.30.